The summed E-state index contributed by atoms with van der Waals surface area (Å²) in [4.78, 5) is 2.09. The molecule has 0 radical (unpaired) electrons. The van der Waals surface area contributed by atoms with Gasteiger partial charge in [0.2, 0.25) is 0 Å². The lowest BCUT2D eigenvalue weighted by atomic mass is 10.1. The number of halogens is 1. The molecule has 0 atom stereocenters. The Labute approximate surface area is 71.8 Å². The molecule has 0 N–H and O–H groups in total. The van der Waals surface area contributed by atoms with Crippen molar-refractivity contribution in [3.63, 3.8) is 0 Å². The number of para-hydroxylation sites is 1. The van der Waals surface area contributed by atoms with Gasteiger partial charge < -0.3 is 4.90 Å². The molecule has 0 spiro atoms. The van der Waals surface area contributed by atoms with Crippen LogP contribution in [0.1, 0.15) is 12.0 Å². The molecule has 0 saturated carbocycles. The summed E-state index contributed by atoms with van der Waals surface area (Å²) >= 11 is 0. The molecule has 0 amide bonds. The summed E-state index contributed by atoms with van der Waals surface area (Å²) in [6.45, 7) is 3.96. The van der Waals surface area contributed by atoms with Crippen molar-refractivity contribution < 1.29 is 4.39 Å². The average molecular weight is 165 g/mol. The maximum Gasteiger partial charge on any atom is 0.146 e. The summed E-state index contributed by atoms with van der Waals surface area (Å²) < 4.78 is 13.3. The fraction of sp³-hybridized carbons (Fsp3) is 0.400. The molecule has 12 heavy (non-hydrogen) atoms. The Bertz CT molecular complexity index is 272. The van der Waals surface area contributed by atoms with E-state index in [0.29, 0.717) is 0 Å². The standard InChI is InChI=1S/C10H12FN/c1-8-4-2-5-9(11)10(8)12-6-3-7-12/h2,4-5H,3,6-7H2,1H3. The summed E-state index contributed by atoms with van der Waals surface area (Å²) in [6.07, 6.45) is 1.19. The second-order valence-corrected chi connectivity index (χ2v) is 3.25. The zero-order valence-corrected chi connectivity index (χ0v) is 7.18. The third-order valence-corrected chi connectivity index (χ3v) is 2.36. The van der Waals surface area contributed by atoms with Crippen molar-refractivity contribution in [3.8, 4) is 0 Å². The van der Waals surface area contributed by atoms with Gasteiger partial charge in [0.25, 0.3) is 0 Å². The van der Waals surface area contributed by atoms with Crippen LogP contribution in [-0.4, -0.2) is 13.1 Å². The molecule has 2 heteroatoms. The molecule has 1 aliphatic heterocycles. The number of hydrogen-bond donors (Lipinski definition) is 0. The van der Waals surface area contributed by atoms with E-state index in [1.807, 2.05) is 13.0 Å². The molecule has 1 fully saturated rings. The minimum absolute atomic E-state index is 0.0882. The summed E-state index contributed by atoms with van der Waals surface area (Å²) in [5.74, 6) is -0.0882. The molecule has 2 rings (SSSR count). The molecule has 0 unspecified atom stereocenters. The minimum Gasteiger partial charge on any atom is -0.369 e. The zero-order valence-electron chi connectivity index (χ0n) is 7.18. The van der Waals surface area contributed by atoms with E-state index in [2.05, 4.69) is 4.90 Å². The van der Waals surface area contributed by atoms with Crippen LogP contribution in [0.2, 0.25) is 0 Å². The van der Waals surface area contributed by atoms with Crippen LogP contribution in [0.4, 0.5) is 10.1 Å². The second-order valence-electron chi connectivity index (χ2n) is 3.25. The first kappa shape index (κ1) is 7.59. The second kappa shape index (κ2) is 2.77. The number of hydrogen-bond acceptors (Lipinski definition) is 1. The summed E-state index contributed by atoms with van der Waals surface area (Å²) in [5, 5.41) is 0. The summed E-state index contributed by atoms with van der Waals surface area (Å²) in [6, 6.07) is 5.24. The number of aryl methyl sites for hydroxylation is 1. The molecule has 1 aliphatic rings. The van der Waals surface area contributed by atoms with Crippen molar-refractivity contribution in [2.75, 3.05) is 18.0 Å². The van der Waals surface area contributed by atoms with E-state index in [0.717, 1.165) is 24.3 Å². The Morgan fingerprint density at radius 2 is 2.08 bits per heavy atom. The molecule has 1 saturated heterocycles. The third kappa shape index (κ3) is 1.07. The normalized spacial score (nSPS) is 16.0. The van der Waals surface area contributed by atoms with Crippen LogP contribution in [0, 0.1) is 12.7 Å². The largest absolute Gasteiger partial charge is 0.369 e. The predicted molar refractivity (Wildman–Crippen MR) is 48.0 cm³/mol. The number of benzene rings is 1. The molecule has 1 heterocycles. The monoisotopic (exact) mass is 165 g/mol. The van der Waals surface area contributed by atoms with Gasteiger partial charge in [0.1, 0.15) is 5.82 Å². The fourth-order valence-electron chi connectivity index (χ4n) is 1.56. The van der Waals surface area contributed by atoms with Crippen molar-refractivity contribution in [3.05, 3.63) is 29.6 Å². The van der Waals surface area contributed by atoms with Gasteiger partial charge in [0.05, 0.1) is 5.69 Å². The van der Waals surface area contributed by atoms with E-state index in [-0.39, 0.29) is 5.82 Å². The van der Waals surface area contributed by atoms with E-state index >= 15 is 0 Å². The van der Waals surface area contributed by atoms with Crippen LogP contribution in [-0.2, 0) is 0 Å². The first-order valence-corrected chi connectivity index (χ1v) is 4.29. The average Bonchev–Trinajstić information content (AvgIpc) is 1.93. The molecule has 0 aromatic heterocycles. The first-order valence-electron chi connectivity index (χ1n) is 4.29. The van der Waals surface area contributed by atoms with Crippen LogP contribution in [0.3, 0.4) is 0 Å². The van der Waals surface area contributed by atoms with Crippen LogP contribution >= 0.6 is 0 Å². The third-order valence-electron chi connectivity index (χ3n) is 2.36. The van der Waals surface area contributed by atoms with E-state index in [1.165, 1.54) is 12.5 Å². The molecule has 1 aromatic carbocycles. The quantitative estimate of drug-likeness (QED) is 0.617. The van der Waals surface area contributed by atoms with Crippen molar-refractivity contribution in [1.29, 1.82) is 0 Å². The van der Waals surface area contributed by atoms with Crippen molar-refractivity contribution in [2.24, 2.45) is 0 Å². The molecule has 0 aliphatic carbocycles. The Hall–Kier alpha value is -1.05. The molecule has 1 nitrogen and oxygen atoms in total. The number of nitrogens with zero attached hydrogens (tertiary/aromatic N) is 1. The maximum atomic E-state index is 13.3. The van der Waals surface area contributed by atoms with Gasteiger partial charge in [-0.15, -0.1) is 0 Å². The molecule has 0 bridgehead atoms. The predicted octanol–water partition coefficient (Wildman–Crippen LogP) is 2.34. The summed E-state index contributed by atoms with van der Waals surface area (Å²) in [5.41, 5.74) is 1.83. The van der Waals surface area contributed by atoms with Gasteiger partial charge in [0, 0.05) is 13.1 Å². The van der Waals surface area contributed by atoms with Crippen molar-refractivity contribution >= 4 is 5.69 Å². The van der Waals surface area contributed by atoms with Gasteiger partial charge in [-0.1, -0.05) is 12.1 Å². The molecule has 64 valence electrons. The zero-order chi connectivity index (χ0) is 8.55. The summed E-state index contributed by atoms with van der Waals surface area (Å²) in [7, 11) is 0. The van der Waals surface area contributed by atoms with E-state index in [4.69, 9.17) is 0 Å². The SMILES string of the molecule is Cc1cccc(F)c1N1CCC1. The van der Waals surface area contributed by atoms with Crippen LogP contribution in [0.25, 0.3) is 0 Å². The maximum absolute atomic E-state index is 13.3. The highest BCUT2D eigenvalue weighted by atomic mass is 19.1. The molecule has 1 aromatic rings. The number of anilines is 1. The van der Waals surface area contributed by atoms with Gasteiger partial charge >= 0.3 is 0 Å². The van der Waals surface area contributed by atoms with Gasteiger partial charge in [-0.3, -0.25) is 0 Å². The van der Waals surface area contributed by atoms with Gasteiger partial charge in [-0.05, 0) is 25.0 Å². The van der Waals surface area contributed by atoms with Crippen LogP contribution < -0.4 is 4.90 Å². The minimum atomic E-state index is -0.0882. The van der Waals surface area contributed by atoms with E-state index < -0.39 is 0 Å². The van der Waals surface area contributed by atoms with E-state index in [1.54, 1.807) is 6.07 Å². The Morgan fingerprint density at radius 1 is 1.33 bits per heavy atom. The lowest BCUT2D eigenvalue weighted by molar-refractivity contribution is 0.571. The van der Waals surface area contributed by atoms with Gasteiger partial charge in [-0.2, -0.15) is 0 Å². The topological polar surface area (TPSA) is 3.24 Å². The van der Waals surface area contributed by atoms with Gasteiger partial charge in [0.15, 0.2) is 0 Å². The smallest absolute Gasteiger partial charge is 0.146 e. The Morgan fingerprint density at radius 3 is 2.58 bits per heavy atom. The Balaban J connectivity index is 2.39. The fourth-order valence-corrected chi connectivity index (χ4v) is 1.56. The lowest BCUT2D eigenvalue weighted by Gasteiger charge is -2.34. The Kier molecular flexibility index (Phi) is 1.75. The molecular formula is C10H12FN. The number of rotatable bonds is 1. The highest BCUT2D eigenvalue weighted by molar-refractivity contribution is 5.55. The van der Waals surface area contributed by atoms with Crippen LogP contribution in [0.5, 0.6) is 0 Å². The highest BCUT2D eigenvalue weighted by Gasteiger charge is 2.19. The van der Waals surface area contributed by atoms with E-state index in [9.17, 15) is 4.39 Å². The van der Waals surface area contributed by atoms with Crippen molar-refractivity contribution in [2.45, 2.75) is 13.3 Å². The molecular weight excluding hydrogens is 153 g/mol. The first-order chi connectivity index (χ1) is 5.79. The lowest BCUT2D eigenvalue weighted by Crippen LogP contribution is -2.38. The highest BCUT2D eigenvalue weighted by Crippen LogP contribution is 2.27. The van der Waals surface area contributed by atoms with Crippen LogP contribution in [0.15, 0.2) is 18.2 Å². The van der Waals surface area contributed by atoms with Gasteiger partial charge in [-0.25, -0.2) is 4.39 Å². The van der Waals surface area contributed by atoms with Crippen molar-refractivity contribution in [1.82, 2.24) is 0 Å².